The van der Waals surface area contributed by atoms with E-state index >= 15 is 0 Å². The van der Waals surface area contributed by atoms with Crippen LogP contribution in [0.15, 0.2) is 29.0 Å². The zero-order chi connectivity index (χ0) is 13.4. The Morgan fingerprint density at radius 1 is 1.33 bits per heavy atom. The predicted molar refractivity (Wildman–Crippen MR) is 78.7 cm³/mol. The first-order valence-electron chi connectivity index (χ1n) is 6.66. The molecule has 0 radical (unpaired) electrons. The van der Waals surface area contributed by atoms with Gasteiger partial charge in [-0.25, -0.2) is 4.99 Å². The largest absolute Gasteiger partial charge is 0.384 e. The molecule has 102 valence electrons. The van der Waals surface area contributed by atoms with Crippen LogP contribution in [0.1, 0.15) is 19.8 Å². The van der Waals surface area contributed by atoms with Gasteiger partial charge in [-0.1, -0.05) is 12.2 Å². The van der Waals surface area contributed by atoms with E-state index in [0.29, 0.717) is 5.82 Å². The van der Waals surface area contributed by atoms with Crippen molar-refractivity contribution < 1.29 is 0 Å². The molecule has 4 heteroatoms. The molecule has 1 fully saturated rings. The molecule has 1 aliphatic rings. The Balaban J connectivity index is 2.17. The third kappa shape index (κ3) is 5.98. The number of nitrogens with zero attached hydrogens (tertiary/aromatic N) is 3. The quantitative estimate of drug-likeness (QED) is 0.573. The number of hydrogen-bond donors (Lipinski definition) is 1. The summed E-state index contributed by atoms with van der Waals surface area (Å²) in [5, 5.41) is 0. The van der Waals surface area contributed by atoms with Gasteiger partial charge in [0.15, 0.2) is 0 Å². The SMILES string of the molecule is C=C(/C=C(/N)N=CC)CCCN1CCN(C)CC1. The summed E-state index contributed by atoms with van der Waals surface area (Å²) in [5.74, 6) is 0.544. The van der Waals surface area contributed by atoms with Crippen molar-refractivity contribution in [3.05, 3.63) is 24.0 Å². The highest BCUT2D eigenvalue weighted by molar-refractivity contribution is 5.55. The van der Waals surface area contributed by atoms with Crippen LogP contribution < -0.4 is 5.73 Å². The van der Waals surface area contributed by atoms with E-state index in [0.717, 1.165) is 25.0 Å². The van der Waals surface area contributed by atoms with Gasteiger partial charge in [0.05, 0.1) is 0 Å². The average Bonchev–Trinajstić information content (AvgIpc) is 2.32. The van der Waals surface area contributed by atoms with Crippen LogP contribution in [0, 0.1) is 0 Å². The Morgan fingerprint density at radius 2 is 2.00 bits per heavy atom. The first kappa shape index (κ1) is 14.9. The molecule has 0 atom stereocenters. The number of hydrogen-bond acceptors (Lipinski definition) is 4. The Kier molecular flexibility index (Phi) is 6.68. The molecule has 1 aliphatic heterocycles. The van der Waals surface area contributed by atoms with E-state index < -0.39 is 0 Å². The average molecular weight is 250 g/mol. The summed E-state index contributed by atoms with van der Waals surface area (Å²) in [6.07, 6.45) is 5.70. The van der Waals surface area contributed by atoms with Gasteiger partial charge in [0, 0.05) is 32.4 Å². The topological polar surface area (TPSA) is 44.9 Å². The Labute approximate surface area is 111 Å². The van der Waals surface area contributed by atoms with Gasteiger partial charge in [-0.2, -0.15) is 0 Å². The molecule has 0 aromatic rings. The van der Waals surface area contributed by atoms with Crippen LogP contribution in [0.25, 0.3) is 0 Å². The zero-order valence-corrected chi connectivity index (χ0v) is 11.7. The highest BCUT2D eigenvalue weighted by Gasteiger charge is 2.12. The number of allylic oxidation sites excluding steroid dienone is 2. The van der Waals surface area contributed by atoms with Gasteiger partial charge in [-0.15, -0.1) is 0 Å². The third-order valence-corrected chi connectivity index (χ3v) is 3.20. The molecule has 4 nitrogen and oxygen atoms in total. The van der Waals surface area contributed by atoms with E-state index in [4.69, 9.17) is 5.73 Å². The molecule has 0 amide bonds. The second kappa shape index (κ2) is 8.06. The highest BCUT2D eigenvalue weighted by Crippen LogP contribution is 2.08. The zero-order valence-electron chi connectivity index (χ0n) is 11.7. The molecule has 1 rings (SSSR count). The van der Waals surface area contributed by atoms with Gasteiger partial charge in [0.25, 0.3) is 0 Å². The molecular weight excluding hydrogens is 224 g/mol. The van der Waals surface area contributed by atoms with Crippen molar-refractivity contribution in [2.75, 3.05) is 39.8 Å². The van der Waals surface area contributed by atoms with E-state index in [-0.39, 0.29) is 0 Å². The van der Waals surface area contributed by atoms with Crippen molar-refractivity contribution in [3.8, 4) is 0 Å². The number of likely N-dealkylation sites (N-methyl/N-ethyl adjacent to an activating group) is 1. The molecule has 0 aliphatic carbocycles. The van der Waals surface area contributed by atoms with Crippen LogP contribution in [0.2, 0.25) is 0 Å². The minimum absolute atomic E-state index is 0.544. The van der Waals surface area contributed by atoms with Gasteiger partial charge < -0.3 is 15.5 Å². The molecule has 0 saturated carbocycles. The Bertz CT molecular complexity index is 312. The van der Waals surface area contributed by atoms with E-state index in [2.05, 4.69) is 28.4 Å². The fraction of sp³-hybridized carbons (Fsp3) is 0.643. The summed E-state index contributed by atoms with van der Waals surface area (Å²) in [6, 6.07) is 0. The number of rotatable bonds is 6. The maximum atomic E-state index is 5.70. The van der Waals surface area contributed by atoms with Crippen molar-refractivity contribution in [3.63, 3.8) is 0 Å². The Morgan fingerprint density at radius 3 is 2.61 bits per heavy atom. The molecule has 0 aromatic carbocycles. The third-order valence-electron chi connectivity index (χ3n) is 3.20. The molecule has 0 spiro atoms. The van der Waals surface area contributed by atoms with E-state index in [1.54, 1.807) is 6.21 Å². The van der Waals surface area contributed by atoms with Crippen LogP contribution in [0.4, 0.5) is 0 Å². The van der Waals surface area contributed by atoms with Crippen LogP contribution in [-0.2, 0) is 0 Å². The second-order valence-electron chi connectivity index (χ2n) is 4.86. The standard InChI is InChI=1S/C14H26N4/c1-4-16-14(15)12-13(2)6-5-7-18-10-8-17(3)9-11-18/h4,12H,2,5-11,15H2,1,3H3/b14-12-,16-4?. The number of nitrogens with two attached hydrogens (primary N) is 1. The van der Waals surface area contributed by atoms with Gasteiger partial charge in [0.1, 0.15) is 5.82 Å². The van der Waals surface area contributed by atoms with Crippen LogP contribution in [0.5, 0.6) is 0 Å². The molecule has 0 unspecified atom stereocenters. The fourth-order valence-electron chi connectivity index (χ4n) is 2.07. The molecule has 2 N–H and O–H groups in total. The summed E-state index contributed by atoms with van der Waals surface area (Å²) in [7, 11) is 2.18. The van der Waals surface area contributed by atoms with Crippen molar-refractivity contribution in [1.29, 1.82) is 0 Å². The number of piperazine rings is 1. The van der Waals surface area contributed by atoms with Gasteiger partial charge in [-0.05, 0) is 39.4 Å². The second-order valence-corrected chi connectivity index (χ2v) is 4.86. The first-order chi connectivity index (χ1) is 8.61. The lowest BCUT2D eigenvalue weighted by molar-refractivity contribution is 0.153. The maximum Gasteiger partial charge on any atom is 0.123 e. The summed E-state index contributed by atoms with van der Waals surface area (Å²) < 4.78 is 0. The normalized spacial score (nSPS) is 19.6. The lowest BCUT2D eigenvalue weighted by Gasteiger charge is -2.32. The summed E-state index contributed by atoms with van der Waals surface area (Å²) in [4.78, 5) is 8.90. The maximum absolute atomic E-state index is 5.70. The predicted octanol–water partition coefficient (Wildman–Crippen LogP) is 1.46. The summed E-state index contributed by atoms with van der Waals surface area (Å²) in [5.41, 5.74) is 6.76. The van der Waals surface area contributed by atoms with E-state index in [1.165, 1.54) is 26.2 Å². The highest BCUT2D eigenvalue weighted by atomic mass is 15.2. The molecule has 0 bridgehead atoms. The van der Waals surface area contributed by atoms with Gasteiger partial charge >= 0.3 is 0 Å². The lowest BCUT2D eigenvalue weighted by Crippen LogP contribution is -2.44. The molecule has 0 aromatic heterocycles. The molecule has 18 heavy (non-hydrogen) atoms. The van der Waals surface area contributed by atoms with E-state index in [1.807, 2.05) is 13.0 Å². The smallest absolute Gasteiger partial charge is 0.123 e. The van der Waals surface area contributed by atoms with Gasteiger partial charge in [-0.3, -0.25) is 0 Å². The lowest BCUT2D eigenvalue weighted by atomic mass is 10.1. The minimum atomic E-state index is 0.544. The molecule has 1 heterocycles. The van der Waals surface area contributed by atoms with Crippen molar-refractivity contribution in [2.24, 2.45) is 10.7 Å². The first-order valence-corrected chi connectivity index (χ1v) is 6.66. The molecular formula is C14H26N4. The van der Waals surface area contributed by atoms with Crippen molar-refractivity contribution in [1.82, 2.24) is 9.80 Å². The van der Waals surface area contributed by atoms with Crippen LogP contribution in [-0.4, -0.2) is 55.8 Å². The fourth-order valence-corrected chi connectivity index (χ4v) is 2.07. The number of aliphatic imine (C=N–C) groups is 1. The van der Waals surface area contributed by atoms with Gasteiger partial charge in [0.2, 0.25) is 0 Å². The Hall–Kier alpha value is -1.13. The van der Waals surface area contributed by atoms with Crippen molar-refractivity contribution in [2.45, 2.75) is 19.8 Å². The monoisotopic (exact) mass is 250 g/mol. The van der Waals surface area contributed by atoms with Crippen LogP contribution >= 0.6 is 0 Å². The molecule has 1 saturated heterocycles. The van der Waals surface area contributed by atoms with E-state index in [9.17, 15) is 0 Å². The van der Waals surface area contributed by atoms with Crippen LogP contribution in [0.3, 0.4) is 0 Å². The van der Waals surface area contributed by atoms with Crippen molar-refractivity contribution >= 4 is 6.21 Å². The summed E-state index contributed by atoms with van der Waals surface area (Å²) >= 11 is 0. The minimum Gasteiger partial charge on any atom is -0.384 e. The summed E-state index contributed by atoms with van der Waals surface area (Å²) in [6.45, 7) is 11.7.